The molecule has 0 saturated heterocycles. The Bertz CT molecular complexity index is 810. The van der Waals surface area contributed by atoms with Crippen LogP contribution in [-0.4, -0.2) is 25.3 Å². The summed E-state index contributed by atoms with van der Waals surface area (Å²) in [6.45, 7) is 3.96. The van der Waals surface area contributed by atoms with E-state index >= 15 is 0 Å². The van der Waals surface area contributed by atoms with Crippen LogP contribution in [0.4, 0.5) is 4.39 Å². The lowest BCUT2D eigenvalue weighted by molar-refractivity contribution is -0.120. The van der Waals surface area contributed by atoms with Gasteiger partial charge in [0, 0.05) is 0 Å². The minimum absolute atomic E-state index is 0.00154. The van der Waals surface area contributed by atoms with Crippen LogP contribution in [-0.2, 0) is 11.2 Å². The number of amides is 1. The summed E-state index contributed by atoms with van der Waals surface area (Å²) in [5, 5.41) is 4.32. The minimum Gasteiger partial charge on any atom is -0.493 e. The molecule has 0 spiro atoms. The first kappa shape index (κ1) is 20.7. The van der Waals surface area contributed by atoms with E-state index in [1.807, 2.05) is 13.8 Å². The molecule has 0 saturated carbocycles. The van der Waals surface area contributed by atoms with Crippen molar-refractivity contribution in [3.63, 3.8) is 0 Å². The summed E-state index contributed by atoms with van der Waals surface area (Å²) in [6, 6.07) is 9.13. The molecule has 0 aliphatic heterocycles. The Morgan fingerprint density at radius 3 is 2.67 bits per heavy atom. The van der Waals surface area contributed by atoms with Crippen LogP contribution in [0.2, 0.25) is 5.02 Å². The second kappa shape index (κ2) is 9.92. The van der Waals surface area contributed by atoms with E-state index in [1.165, 1.54) is 25.5 Å². The van der Waals surface area contributed by atoms with Gasteiger partial charge in [0.2, 0.25) is 5.91 Å². The zero-order valence-corrected chi connectivity index (χ0v) is 16.2. The molecule has 2 aromatic rings. The van der Waals surface area contributed by atoms with Crippen molar-refractivity contribution in [1.29, 1.82) is 0 Å². The number of hydrazone groups is 1. The maximum atomic E-state index is 12.9. The van der Waals surface area contributed by atoms with Crippen LogP contribution in [0.15, 0.2) is 41.5 Å². The number of hydrogen-bond acceptors (Lipinski definition) is 4. The second-order valence-corrected chi connectivity index (χ2v) is 6.37. The number of nitrogens with zero attached hydrogens (tertiary/aromatic N) is 1. The molecule has 1 atom stereocenters. The number of carbonyl (C=O) groups excluding carboxylic acids is 1. The smallest absolute Gasteiger partial charge is 0.244 e. The highest BCUT2D eigenvalue weighted by Crippen LogP contribution is 2.37. The maximum absolute atomic E-state index is 12.9. The van der Waals surface area contributed by atoms with Gasteiger partial charge in [-0.3, -0.25) is 4.79 Å². The molecule has 0 aliphatic rings. The van der Waals surface area contributed by atoms with Gasteiger partial charge >= 0.3 is 0 Å². The van der Waals surface area contributed by atoms with Gasteiger partial charge in [-0.25, -0.2) is 9.82 Å². The van der Waals surface area contributed by atoms with E-state index in [1.54, 1.807) is 24.3 Å². The molecule has 1 N–H and O–H groups in total. The summed E-state index contributed by atoms with van der Waals surface area (Å²) < 4.78 is 24.0. The Morgan fingerprint density at radius 2 is 2.04 bits per heavy atom. The summed E-state index contributed by atoms with van der Waals surface area (Å²) >= 11 is 6.29. The number of ether oxygens (including phenoxy) is 2. The second-order valence-electron chi connectivity index (χ2n) is 5.97. The van der Waals surface area contributed by atoms with Crippen LogP contribution in [0.5, 0.6) is 11.5 Å². The SMILES string of the molecule is CC[C@H](C)Oc1c(Cl)cc(/C=N/NC(=O)Cc2ccc(F)cc2)cc1OC. The molecule has 0 aliphatic carbocycles. The Kier molecular flexibility index (Phi) is 7.61. The van der Waals surface area contributed by atoms with E-state index in [0.29, 0.717) is 27.6 Å². The topological polar surface area (TPSA) is 59.9 Å². The molecule has 0 unspecified atom stereocenters. The highest BCUT2D eigenvalue weighted by Gasteiger charge is 2.14. The first-order chi connectivity index (χ1) is 12.9. The Morgan fingerprint density at radius 1 is 1.33 bits per heavy atom. The summed E-state index contributed by atoms with van der Waals surface area (Å²) in [5.74, 6) is 0.310. The number of halogens is 2. The molecule has 1 amide bonds. The van der Waals surface area contributed by atoms with Gasteiger partial charge in [-0.05, 0) is 48.7 Å². The summed E-state index contributed by atoms with van der Waals surface area (Å²) in [6.07, 6.45) is 2.40. The largest absolute Gasteiger partial charge is 0.493 e. The molecule has 5 nitrogen and oxygen atoms in total. The fourth-order valence-corrected chi connectivity index (χ4v) is 2.48. The van der Waals surface area contributed by atoms with E-state index in [-0.39, 0.29) is 24.2 Å². The van der Waals surface area contributed by atoms with Crippen LogP contribution < -0.4 is 14.9 Å². The average Bonchev–Trinajstić information content (AvgIpc) is 2.65. The van der Waals surface area contributed by atoms with Crippen molar-refractivity contribution in [2.75, 3.05) is 7.11 Å². The van der Waals surface area contributed by atoms with Gasteiger partial charge in [-0.2, -0.15) is 5.10 Å². The van der Waals surface area contributed by atoms with Gasteiger partial charge in [0.05, 0.1) is 30.9 Å². The number of nitrogens with one attached hydrogen (secondary N) is 1. The van der Waals surface area contributed by atoms with Crippen molar-refractivity contribution in [3.8, 4) is 11.5 Å². The summed E-state index contributed by atoms with van der Waals surface area (Å²) in [4.78, 5) is 11.9. The van der Waals surface area contributed by atoms with Crippen LogP contribution in [0, 0.1) is 5.82 Å². The van der Waals surface area contributed by atoms with Gasteiger partial charge in [-0.1, -0.05) is 30.7 Å². The Hall–Kier alpha value is -2.60. The molecule has 2 aromatic carbocycles. The monoisotopic (exact) mass is 392 g/mol. The first-order valence-electron chi connectivity index (χ1n) is 8.53. The standard InChI is InChI=1S/C20H22ClFN2O3/c1-4-13(2)27-20-17(21)9-15(10-18(20)26-3)12-23-24-19(25)11-14-5-7-16(22)8-6-14/h5-10,12-13H,4,11H2,1-3H3,(H,24,25)/b23-12+/t13-/m0/s1. The summed E-state index contributed by atoms with van der Waals surface area (Å²) in [5.41, 5.74) is 3.77. The van der Waals surface area contributed by atoms with Gasteiger partial charge in [0.15, 0.2) is 11.5 Å². The minimum atomic E-state index is -0.344. The molecule has 0 fully saturated rings. The van der Waals surface area contributed by atoms with Crippen LogP contribution >= 0.6 is 11.6 Å². The van der Waals surface area contributed by atoms with Crippen molar-refractivity contribution in [3.05, 3.63) is 58.4 Å². The van der Waals surface area contributed by atoms with Gasteiger partial charge in [0.25, 0.3) is 0 Å². The van der Waals surface area contributed by atoms with E-state index in [2.05, 4.69) is 10.5 Å². The van der Waals surface area contributed by atoms with Gasteiger partial charge in [0.1, 0.15) is 5.82 Å². The Labute approximate surface area is 163 Å². The molecule has 0 aromatic heterocycles. The maximum Gasteiger partial charge on any atom is 0.244 e. The molecular formula is C20H22ClFN2O3. The van der Waals surface area contributed by atoms with E-state index in [0.717, 1.165) is 6.42 Å². The highest BCUT2D eigenvalue weighted by atomic mass is 35.5. The molecule has 0 radical (unpaired) electrons. The van der Waals surface area contributed by atoms with Crippen LogP contribution in [0.25, 0.3) is 0 Å². The molecule has 0 heterocycles. The normalized spacial score (nSPS) is 12.0. The number of methoxy groups -OCH3 is 1. The van der Waals surface area contributed by atoms with Crippen molar-refractivity contribution in [2.24, 2.45) is 5.10 Å². The zero-order valence-electron chi connectivity index (χ0n) is 15.5. The van der Waals surface area contributed by atoms with Crippen LogP contribution in [0.3, 0.4) is 0 Å². The van der Waals surface area contributed by atoms with Gasteiger partial charge < -0.3 is 9.47 Å². The first-order valence-corrected chi connectivity index (χ1v) is 8.91. The molecule has 2 rings (SSSR count). The number of benzene rings is 2. The predicted octanol–water partition coefficient (Wildman–Crippen LogP) is 4.36. The van der Waals surface area contributed by atoms with E-state index in [9.17, 15) is 9.18 Å². The average molecular weight is 393 g/mol. The third kappa shape index (κ3) is 6.25. The third-order valence-electron chi connectivity index (χ3n) is 3.83. The lowest BCUT2D eigenvalue weighted by Crippen LogP contribution is -2.19. The van der Waals surface area contributed by atoms with E-state index in [4.69, 9.17) is 21.1 Å². The number of hydrogen-bond donors (Lipinski definition) is 1. The van der Waals surface area contributed by atoms with Crippen molar-refractivity contribution in [2.45, 2.75) is 32.8 Å². The third-order valence-corrected chi connectivity index (χ3v) is 4.11. The zero-order chi connectivity index (χ0) is 19.8. The van der Waals surface area contributed by atoms with Gasteiger partial charge in [-0.15, -0.1) is 0 Å². The Balaban J connectivity index is 2.02. The molecule has 7 heteroatoms. The van der Waals surface area contributed by atoms with Crippen molar-refractivity contribution in [1.82, 2.24) is 5.43 Å². The number of carbonyl (C=O) groups is 1. The molecule has 0 bridgehead atoms. The fraction of sp³-hybridized carbons (Fsp3) is 0.300. The number of rotatable bonds is 8. The van der Waals surface area contributed by atoms with Crippen molar-refractivity contribution < 1.29 is 18.7 Å². The molecule has 144 valence electrons. The van der Waals surface area contributed by atoms with E-state index < -0.39 is 0 Å². The molecule has 27 heavy (non-hydrogen) atoms. The lowest BCUT2D eigenvalue weighted by Gasteiger charge is -2.17. The van der Waals surface area contributed by atoms with Crippen LogP contribution in [0.1, 0.15) is 31.4 Å². The molecular weight excluding hydrogens is 371 g/mol. The predicted molar refractivity (Wildman–Crippen MR) is 104 cm³/mol. The lowest BCUT2D eigenvalue weighted by atomic mass is 10.1. The van der Waals surface area contributed by atoms with Crippen molar-refractivity contribution >= 4 is 23.7 Å². The highest BCUT2D eigenvalue weighted by molar-refractivity contribution is 6.32. The quantitative estimate of drug-likeness (QED) is 0.536. The summed E-state index contributed by atoms with van der Waals surface area (Å²) in [7, 11) is 1.53. The fourth-order valence-electron chi connectivity index (χ4n) is 2.22.